The molecule has 1 amide bonds. The maximum Gasteiger partial charge on any atom is 0.325 e. The number of aryl methyl sites for hydroxylation is 1. The van der Waals surface area contributed by atoms with Crippen LogP contribution in [0.1, 0.15) is 17.7 Å². The number of aromatic amines is 2. The normalized spacial score (nSPS) is 29.0. The summed E-state index contributed by atoms with van der Waals surface area (Å²) in [7, 11) is 1.63. The second-order valence-corrected chi connectivity index (χ2v) is 6.19. The Hall–Kier alpha value is -1.93. The molecule has 8 nitrogen and oxygen atoms in total. The zero-order chi connectivity index (χ0) is 16.6. The highest BCUT2D eigenvalue weighted by atomic mass is 16.5. The number of methoxy groups -OCH3 is 1. The van der Waals surface area contributed by atoms with Gasteiger partial charge in [-0.3, -0.25) is 14.6 Å². The van der Waals surface area contributed by atoms with Gasteiger partial charge >= 0.3 is 5.69 Å². The summed E-state index contributed by atoms with van der Waals surface area (Å²) in [5, 5.41) is 3.00. The van der Waals surface area contributed by atoms with Gasteiger partial charge in [-0.05, 0) is 13.3 Å². The number of hydrogen-bond acceptors (Lipinski definition) is 5. The molecule has 1 aliphatic carbocycles. The minimum atomic E-state index is -0.568. The first-order chi connectivity index (χ1) is 11.0. The van der Waals surface area contributed by atoms with E-state index in [0.717, 1.165) is 6.42 Å². The molecule has 2 heterocycles. The summed E-state index contributed by atoms with van der Waals surface area (Å²) < 4.78 is 10.9. The van der Waals surface area contributed by atoms with Crippen LogP contribution in [-0.2, 0) is 20.7 Å². The summed E-state index contributed by atoms with van der Waals surface area (Å²) in [4.78, 5) is 40.0. The Balaban J connectivity index is 1.68. The van der Waals surface area contributed by atoms with Gasteiger partial charge in [-0.2, -0.15) is 0 Å². The van der Waals surface area contributed by atoms with Crippen molar-refractivity contribution in [3.05, 3.63) is 32.1 Å². The lowest BCUT2D eigenvalue weighted by Gasteiger charge is -2.47. The average Bonchev–Trinajstić information content (AvgIpc) is 2.90. The fourth-order valence-corrected chi connectivity index (χ4v) is 3.67. The second kappa shape index (κ2) is 6.29. The monoisotopic (exact) mass is 323 g/mol. The van der Waals surface area contributed by atoms with E-state index < -0.39 is 11.2 Å². The molecule has 126 valence electrons. The summed E-state index contributed by atoms with van der Waals surface area (Å²) in [6, 6.07) is 0.0112. The first kappa shape index (κ1) is 15.9. The molecule has 2 fully saturated rings. The van der Waals surface area contributed by atoms with E-state index in [-0.39, 0.29) is 36.0 Å². The summed E-state index contributed by atoms with van der Waals surface area (Å²) in [6.07, 6.45) is 1.01. The Kier molecular flexibility index (Phi) is 4.36. The first-order valence-corrected chi connectivity index (χ1v) is 7.73. The molecule has 1 aromatic heterocycles. The van der Waals surface area contributed by atoms with Gasteiger partial charge in [-0.25, -0.2) is 4.79 Å². The van der Waals surface area contributed by atoms with Crippen molar-refractivity contribution in [2.45, 2.75) is 31.9 Å². The third-order valence-electron chi connectivity index (χ3n) is 4.81. The fourth-order valence-electron chi connectivity index (χ4n) is 3.67. The molecule has 23 heavy (non-hydrogen) atoms. The van der Waals surface area contributed by atoms with Gasteiger partial charge in [0.2, 0.25) is 5.91 Å². The van der Waals surface area contributed by atoms with Crippen LogP contribution in [-0.4, -0.2) is 48.3 Å². The van der Waals surface area contributed by atoms with Crippen LogP contribution in [0.2, 0.25) is 0 Å². The molecule has 1 aromatic rings. The minimum absolute atomic E-state index is 0.0112. The Morgan fingerprint density at radius 3 is 2.87 bits per heavy atom. The van der Waals surface area contributed by atoms with Crippen LogP contribution in [0.4, 0.5) is 0 Å². The van der Waals surface area contributed by atoms with Gasteiger partial charge in [-0.1, -0.05) is 0 Å². The van der Waals surface area contributed by atoms with Crippen molar-refractivity contribution in [3.63, 3.8) is 0 Å². The molecule has 0 unspecified atom stereocenters. The number of H-pyrrole nitrogens is 2. The molecule has 1 aliphatic heterocycles. The Labute approximate surface area is 132 Å². The van der Waals surface area contributed by atoms with Crippen molar-refractivity contribution in [2.75, 3.05) is 20.3 Å². The number of hydrogen-bond donors (Lipinski definition) is 3. The van der Waals surface area contributed by atoms with Crippen LogP contribution in [0.15, 0.2) is 9.59 Å². The van der Waals surface area contributed by atoms with Crippen LogP contribution in [0.5, 0.6) is 0 Å². The summed E-state index contributed by atoms with van der Waals surface area (Å²) in [6.45, 7) is 2.85. The van der Waals surface area contributed by atoms with E-state index in [1.165, 1.54) is 0 Å². The molecule has 0 bridgehead atoms. The predicted molar refractivity (Wildman–Crippen MR) is 81.3 cm³/mol. The van der Waals surface area contributed by atoms with Crippen molar-refractivity contribution >= 4 is 5.91 Å². The number of carbonyl (C=O) groups is 1. The highest BCUT2D eigenvalue weighted by molar-refractivity contribution is 5.79. The number of fused-ring (bicyclic) bond motifs is 1. The summed E-state index contributed by atoms with van der Waals surface area (Å²) in [5.41, 5.74) is -0.394. The number of aromatic nitrogens is 2. The maximum absolute atomic E-state index is 12.3. The SMILES string of the molecule is COC[C@H]1[C@@H](NC(=O)Cc2c(C)[nH]c(=O)[nH]c2=O)[C@H]2CCO[C@H]21. The summed E-state index contributed by atoms with van der Waals surface area (Å²) >= 11 is 0. The third kappa shape index (κ3) is 2.96. The Bertz CT molecular complexity index is 710. The number of carbonyl (C=O) groups excluding carboxylic acids is 1. The molecule has 8 heteroatoms. The van der Waals surface area contributed by atoms with E-state index in [4.69, 9.17) is 9.47 Å². The Morgan fingerprint density at radius 2 is 2.17 bits per heavy atom. The third-order valence-corrected chi connectivity index (χ3v) is 4.81. The lowest BCUT2D eigenvalue weighted by molar-refractivity contribution is -0.129. The van der Waals surface area contributed by atoms with Crippen molar-refractivity contribution in [1.82, 2.24) is 15.3 Å². The van der Waals surface area contributed by atoms with Crippen LogP contribution in [0.25, 0.3) is 0 Å². The molecular formula is C15H21N3O5. The van der Waals surface area contributed by atoms with E-state index in [1.54, 1.807) is 14.0 Å². The standard InChI is InChI=1S/C15H21N3O5/c1-7-9(14(20)18-15(21)16-7)5-11(19)17-12-8-3-4-23-13(8)10(12)6-22-2/h8,10,12-13H,3-6H2,1-2H3,(H,17,19)(H2,16,18,20,21)/t8-,10+,12+,13-/m1/s1. The zero-order valence-corrected chi connectivity index (χ0v) is 13.2. The molecule has 1 saturated heterocycles. The van der Waals surface area contributed by atoms with Crippen molar-refractivity contribution < 1.29 is 14.3 Å². The van der Waals surface area contributed by atoms with Crippen LogP contribution >= 0.6 is 0 Å². The molecule has 0 radical (unpaired) electrons. The van der Waals surface area contributed by atoms with E-state index >= 15 is 0 Å². The number of ether oxygens (including phenoxy) is 2. The van der Waals surface area contributed by atoms with Crippen LogP contribution in [0.3, 0.4) is 0 Å². The molecule has 3 N–H and O–H groups in total. The number of nitrogens with one attached hydrogen (secondary N) is 3. The average molecular weight is 323 g/mol. The first-order valence-electron chi connectivity index (χ1n) is 7.73. The molecule has 1 saturated carbocycles. The van der Waals surface area contributed by atoms with Gasteiger partial charge in [0, 0.05) is 42.9 Å². The number of rotatable bonds is 5. The predicted octanol–water partition coefficient (Wildman–Crippen LogP) is -0.920. The van der Waals surface area contributed by atoms with Crippen LogP contribution < -0.4 is 16.6 Å². The summed E-state index contributed by atoms with van der Waals surface area (Å²) in [5.74, 6) is 0.225. The van der Waals surface area contributed by atoms with E-state index in [9.17, 15) is 14.4 Å². The van der Waals surface area contributed by atoms with Gasteiger partial charge in [0.1, 0.15) is 0 Å². The lowest BCUT2D eigenvalue weighted by Crippen LogP contribution is -2.63. The Morgan fingerprint density at radius 1 is 1.39 bits per heavy atom. The van der Waals surface area contributed by atoms with Crippen molar-refractivity contribution in [2.24, 2.45) is 11.8 Å². The maximum atomic E-state index is 12.3. The van der Waals surface area contributed by atoms with Crippen LogP contribution in [0, 0.1) is 18.8 Å². The fraction of sp³-hybridized carbons (Fsp3) is 0.667. The topological polar surface area (TPSA) is 113 Å². The van der Waals surface area contributed by atoms with Gasteiger partial charge in [0.25, 0.3) is 5.56 Å². The quantitative estimate of drug-likeness (QED) is 0.648. The molecule has 4 atom stereocenters. The molecule has 3 rings (SSSR count). The van der Waals surface area contributed by atoms with Gasteiger partial charge < -0.3 is 19.8 Å². The smallest absolute Gasteiger partial charge is 0.325 e. The highest BCUT2D eigenvalue weighted by Crippen LogP contribution is 2.43. The minimum Gasteiger partial charge on any atom is -0.384 e. The number of amides is 1. The molecule has 0 aromatic carbocycles. The highest BCUT2D eigenvalue weighted by Gasteiger charge is 2.54. The molecule has 2 aliphatic rings. The molecular weight excluding hydrogens is 302 g/mol. The van der Waals surface area contributed by atoms with E-state index in [0.29, 0.717) is 24.8 Å². The van der Waals surface area contributed by atoms with Crippen molar-refractivity contribution in [3.8, 4) is 0 Å². The largest absolute Gasteiger partial charge is 0.384 e. The lowest BCUT2D eigenvalue weighted by atomic mass is 9.67. The van der Waals surface area contributed by atoms with E-state index in [1.807, 2.05) is 0 Å². The second-order valence-electron chi connectivity index (χ2n) is 6.19. The van der Waals surface area contributed by atoms with Crippen molar-refractivity contribution in [1.29, 1.82) is 0 Å². The van der Waals surface area contributed by atoms with Gasteiger partial charge in [0.05, 0.1) is 19.1 Å². The van der Waals surface area contributed by atoms with E-state index in [2.05, 4.69) is 15.3 Å². The van der Waals surface area contributed by atoms with Gasteiger partial charge in [0.15, 0.2) is 0 Å². The zero-order valence-electron chi connectivity index (χ0n) is 13.2. The van der Waals surface area contributed by atoms with Gasteiger partial charge in [-0.15, -0.1) is 0 Å². The molecule has 0 spiro atoms.